The van der Waals surface area contributed by atoms with Crippen LogP contribution in [0.1, 0.15) is 61.9 Å². The molecule has 2 fully saturated rings. The Bertz CT molecular complexity index is 1130. The summed E-state index contributed by atoms with van der Waals surface area (Å²) in [5.74, 6) is 0.354. The van der Waals surface area contributed by atoms with E-state index in [-0.39, 0.29) is 24.0 Å². The lowest BCUT2D eigenvalue weighted by Crippen LogP contribution is -2.36. The highest BCUT2D eigenvalue weighted by atomic mass is 16.3. The zero-order chi connectivity index (χ0) is 23.5. The number of nitrogens with zero attached hydrogens (tertiary/aromatic N) is 4. The molecule has 10 nitrogen and oxygen atoms in total. The van der Waals surface area contributed by atoms with E-state index < -0.39 is 6.10 Å². The summed E-state index contributed by atoms with van der Waals surface area (Å²) in [7, 11) is 0. The second-order valence-electron chi connectivity index (χ2n) is 9.37. The highest BCUT2D eigenvalue weighted by molar-refractivity contribution is 6.03. The van der Waals surface area contributed by atoms with Gasteiger partial charge in [-0.15, -0.1) is 5.10 Å². The van der Waals surface area contributed by atoms with Crippen molar-refractivity contribution < 1.29 is 9.90 Å². The number of aliphatic hydroxyl groups is 1. The maximum atomic E-state index is 13.1. The fourth-order valence-electron chi connectivity index (χ4n) is 4.88. The molecule has 2 aliphatic rings. The third kappa shape index (κ3) is 4.97. The van der Waals surface area contributed by atoms with Crippen molar-refractivity contribution in [3.8, 4) is 0 Å². The number of anilines is 3. The molecule has 1 amide bonds. The van der Waals surface area contributed by atoms with Gasteiger partial charge in [0.05, 0.1) is 24.0 Å². The summed E-state index contributed by atoms with van der Waals surface area (Å²) >= 11 is 0. The van der Waals surface area contributed by atoms with E-state index in [0.29, 0.717) is 22.8 Å². The number of fused-ring (bicyclic) bond motifs is 1. The van der Waals surface area contributed by atoms with Crippen molar-refractivity contribution in [1.82, 2.24) is 19.6 Å². The van der Waals surface area contributed by atoms with E-state index in [4.69, 9.17) is 10.8 Å². The molecule has 180 valence electrons. The van der Waals surface area contributed by atoms with Gasteiger partial charge in [0.15, 0.2) is 11.3 Å². The summed E-state index contributed by atoms with van der Waals surface area (Å²) in [6, 6.07) is 5.86. The van der Waals surface area contributed by atoms with Crippen molar-refractivity contribution in [3.63, 3.8) is 0 Å². The summed E-state index contributed by atoms with van der Waals surface area (Å²) in [4.78, 5) is 21.5. The maximum Gasteiger partial charge on any atom is 0.276 e. The Morgan fingerprint density at radius 3 is 2.59 bits per heavy atom. The van der Waals surface area contributed by atoms with Gasteiger partial charge < -0.3 is 26.8 Å². The molecule has 0 radical (unpaired) electrons. The molecule has 0 spiro atoms. The normalized spacial score (nSPS) is 25.1. The second kappa shape index (κ2) is 9.94. The van der Waals surface area contributed by atoms with E-state index in [1.807, 2.05) is 6.07 Å². The number of aliphatic hydroxyl groups excluding tert-OH is 1. The third-order valence-corrected chi connectivity index (χ3v) is 6.83. The summed E-state index contributed by atoms with van der Waals surface area (Å²) in [5.41, 5.74) is 8.34. The molecule has 0 aromatic carbocycles. The summed E-state index contributed by atoms with van der Waals surface area (Å²) in [5, 5.41) is 25.1. The van der Waals surface area contributed by atoms with Crippen molar-refractivity contribution in [2.45, 2.75) is 75.6 Å². The van der Waals surface area contributed by atoms with Crippen molar-refractivity contribution in [3.05, 3.63) is 42.5 Å². The molecule has 6 N–H and O–H groups in total. The van der Waals surface area contributed by atoms with Gasteiger partial charge in [-0.2, -0.15) is 0 Å². The van der Waals surface area contributed by atoms with Crippen LogP contribution in [0, 0.1) is 0 Å². The number of pyridine rings is 1. The Morgan fingerprint density at radius 2 is 1.82 bits per heavy atom. The number of imidazole rings is 1. The fraction of sp³-hybridized carbons (Fsp3) is 0.500. The van der Waals surface area contributed by atoms with E-state index in [2.05, 4.69) is 25.9 Å². The molecule has 10 heteroatoms. The summed E-state index contributed by atoms with van der Waals surface area (Å²) in [6.07, 6.45) is 12.0. The van der Waals surface area contributed by atoms with Gasteiger partial charge in [0, 0.05) is 36.2 Å². The van der Waals surface area contributed by atoms with E-state index in [1.165, 1.54) is 6.20 Å². The lowest BCUT2D eigenvalue weighted by Gasteiger charge is -2.30. The molecular formula is C24H32N8O2. The van der Waals surface area contributed by atoms with Crippen LogP contribution in [0.15, 0.2) is 36.8 Å². The first-order chi connectivity index (χ1) is 16.6. The minimum absolute atomic E-state index is 0.0636. The van der Waals surface area contributed by atoms with Gasteiger partial charge in [0.25, 0.3) is 5.91 Å². The Labute approximate surface area is 198 Å². The average Bonchev–Trinajstić information content (AvgIpc) is 3.27. The molecule has 2 atom stereocenters. The number of rotatable bonds is 6. The van der Waals surface area contributed by atoms with Crippen LogP contribution in [0.2, 0.25) is 0 Å². The number of hydrogen-bond acceptors (Lipinski definition) is 8. The summed E-state index contributed by atoms with van der Waals surface area (Å²) < 4.78 is 1.57. The van der Waals surface area contributed by atoms with Crippen molar-refractivity contribution >= 4 is 28.7 Å². The van der Waals surface area contributed by atoms with Gasteiger partial charge in [-0.05, 0) is 50.7 Å². The molecule has 0 saturated heterocycles. The van der Waals surface area contributed by atoms with Crippen LogP contribution < -0.4 is 21.7 Å². The average molecular weight is 465 g/mol. The Balaban J connectivity index is 1.46. The number of nitrogens with one attached hydrogen (secondary N) is 3. The van der Waals surface area contributed by atoms with Gasteiger partial charge in [0.2, 0.25) is 0 Å². The highest BCUT2D eigenvalue weighted by Crippen LogP contribution is 2.28. The number of hydrogen-bond donors (Lipinski definition) is 5. The van der Waals surface area contributed by atoms with Crippen LogP contribution in [0.5, 0.6) is 0 Å². The third-order valence-electron chi connectivity index (χ3n) is 6.83. The highest BCUT2D eigenvalue weighted by Gasteiger charge is 2.26. The minimum atomic E-state index is -0.414. The molecule has 2 aliphatic carbocycles. The molecule has 34 heavy (non-hydrogen) atoms. The van der Waals surface area contributed by atoms with Gasteiger partial charge in [0.1, 0.15) is 5.82 Å². The zero-order valence-electron chi connectivity index (χ0n) is 19.2. The Morgan fingerprint density at radius 1 is 1.06 bits per heavy atom. The number of aromatic nitrogens is 4. The van der Waals surface area contributed by atoms with Gasteiger partial charge in [-0.3, -0.25) is 9.78 Å². The zero-order valence-corrected chi connectivity index (χ0v) is 19.2. The molecular weight excluding hydrogens is 432 g/mol. The van der Waals surface area contributed by atoms with E-state index in [0.717, 1.165) is 57.1 Å². The van der Waals surface area contributed by atoms with Gasteiger partial charge >= 0.3 is 0 Å². The van der Waals surface area contributed by atoms with Crippen LogP contribution >= 0.6 is 0 Å². The molecule has 3 aromatic rings. The molecule has 5 rings (SSSR count). The van der Waals surface area contributed by atoms with E-state index >= 15 is 0 Å². The fourth-order valence-corrected chi connectivity index (χ4v) is 4.88. The molecule has 3 heterocycles. The lowest BCUT2D eigenvalue weighted by atomic mass is 9.92. The topological polar surface area (TPSA) is 142 Å². The number of amides is 1. The first-order valence-electron chi connectivity index (χ1n) is 12.1. The predicted molar refractivity (Wildman–Crippen MR) is 131 cm³/mol. The van der Waals surface area contributed by atoms with Gasteiger partial charge in [-0.1, -0.05) is 12.8 Å². The number of nitrogens with two attached hydrogens (primary N) is 1. The minimum Gasteiger partial charge on any atom is -0.391 e. The van der Waals surface area contributed by atoms with Crippen LogP contribution in [-0.4, -0.2) is 54.8 Å². The molecule has 0 aliphatic heterocycles. The van der Waals surface area contributed by atoms with Crippen molar-refractivity contribution in [2.24, 2.45) is 5.73 Å². The molecule has 2 unspecified atom stereocenters. The molecule has 2 saturated carbocycles. The molecule has 3 aromatic heterocycles. The van der Waals surface area contributed by atoms with E-state index in [9.17, 15) is 9.90 Å². The Hall–Kier alpha value is -3.24. The standard InChI is InChI=1S/C24H32N8O2/c25-15-5-7-16(8-6-15)28-22-13-19(30-18-3-1-2-4-21(18)33)23-27-14-20(32(23)31-22)24(34)29-17-9-11-26-12-10-17/h9-16,18,21,30,33H,1-8,25H2,(H,28,31)(H,26,29,34). The monoisotopic (exact) mass is 464 g/mol. The Kier molecular flexibility index (Phi) is 6.59. The van der Waals surface area contributed by atoms with Crippen LogP contribution in [0.3, 0.4) is 0 Å². The number of carbonyl (C=O) groups excluding carboxylic acids is 1. The maximum absolute atomic E-state index is 13.1. The van der Waals surface area contributed by atoms with Crippen LogP contribution in [-0.2, 0) is 0 Å². The van der Waals surface area contributed by atoms with Gasteiger partial charge in [-0.25, -0.2) is 9.50 Å². The smallest absolute Gasteiger partial charge is 0.276 e. The van der Waals surface area contributed by atoms with Crippen LogP contribution in [0.4, 0.5) is 17.2 Å². The lowest BCUT2D eigenvalue weighted by molar-refractivity contribution is 0.102. The first kappa shape index (κ1) is 22.5. The molecule has 0 bridgehead atoms. The van der Waals surface area contributed by atoms with Crippen LogP contribution in [0.25, 0.3) is 5.65 Å². The van der Waals surface area contributed by atoms with E-state index in [1.54, 1.807) is 29.0 Å². The quantitative estimate of drug-likeness (QED) is 0.375. The summed E-state index contributed by atoms with van der Waals surface area (Å²) in [6.45, 7) is 0. The first-order valence-corrected chi connectivity index (χ1v) is 12.1. The SMILES string of the molecule is NC1CCC(Nc2cc(NC3CCCCC3O)c3ncc(C(=O)Nc4ccncc4)n3n2)CC1. The predicted octanol–water partition coefficient (Wildman–Crippen LogP) is 2.77. The second-order valence-corrected chi connectivity index (χ2v) is 9.37. The number of carbonyl (C=O) groups is 1. The largest absolute Gasteiger partial charge is 0.391 e. The van der Waals surface area contributed by atoms with Crippen molar-refractivity contribution in [2.75, 3.05) is 16.0 Å². The van der Waals surface area contributed by atoms with Crippen molar-refractivity contribution in [1.29, 1.82) is 0 Å².